The minimum absolute atomic E-state index is 0. The SMILES string of the molecule is CN=C(NCCC(=O)NC1CCCC1)N1CCC(CSc2ccccc2)C1.I. The number of carbonyl (C=O) groups is 1. The highest BCUT2D eigenvalue weighted by molar-refractivity contribution is 14.0. The van der Waals surface area contributed by atoms with E-state index in [1.54, 1.807) is 0 Å². The van der Waals surface area contributed by atoms with Crippen LogP contribution >= 0.6 is 35.7 Å². The van der Waals surface area contributed by atoms with Gasteiger partial charge in [-0.15, -0.1) is 35.7 Å². The van der Waals surface area contributed by atoms with Crippen molar-refractivity contribution in [2.45, 2.75) is 49.5 Å². The lowest BCUT2D eigenvalue weighted by molar-refractivity contribution is -0.121. The van der Waals surface area contributed by atoms with E-state index < -0.39 is 0 Å². The van der Waals surface area contributed by atoms with E-state index >= 15 is 0 Å². The van der Waals surface area contributed by atoms with Crippen molar-refractivity contribution in [3.8, 4) is 0 Å². The van der Waals surface area contributed by atoms with Gasteiger partial charge in [0, 0.05) is 49.8 Å². The van der Waals surface area contributed by atoms with Gasteiger partial charge in [-0.2, -0.15) is 0 Å². The number of halogens is 1. The predicted molar refractivity (Wildman–Crippen MR) is 129 cm³/mol. The van der Waals surface area contributed by atoms with Crippen LogP contribution in [0.1, 0.15) is 38.5 Å². The van der Waals surface area contributed by atoms with Crippen LogP contribution in [0.2, 0.25) is 0 Å². The minimum Gasteiger partial charge on any atom is -0.356 e. The normalized spacial score (nSPS) is 20.1. The number of hydrogen-bond acceptors (Lipinski definition) is 3. The molecule has 5 nitrogen and oxygen atoms in total. The number of carbonyl (C=O) groups excluding carboxylic acids is 1. The zero-order valence-corrected chi connectivity index (χ0v) is 19.9. The quantitative estimate of drug-likeness (QED) is 0.251. The van der Waals surface area contributed by atoms with Crippen LogP contribution in [0.5, 0.6) is 0 Å². The highest BCUT2D eigenvalue weighted by atomic mass is 127. The molecule has 1 aliphatic heterocycles. The van der Waals surface area contributed by atoms with Gasteiger partial charge in [-0.25, -0.2) is 0 Å². The second kappa shape index (κ2) is 12.6. The number of benzene rings is 1. The summed E-state index contributed by atoms with van der Waals surface area (Å²) in [7, 11) is 1.83. The first-order valence-corrected chi connectivity index (χ1v) is 11.2. The molecule has 1 saturated carbocycles. The Kier molecular flexibility index (Phi) is 10.5. The van der Waals surface area contributed by atoms with Crippen molar-refractivity contribution >= 4 is 47.6 Å². The van der Waals surface area contributed by atoms with E-state index in [2.05, 4.69) is 50.9 Å². The third kappa shape index (κ3) is 7.46. The Morgan fingerprint density at radius 3 is 2.68 bits per heavy atom. The van der Waals surface area contributed by atoms with Crippen LogP contribution < -0.4 is 10.6 Å². The van der Waals surface area contributed by atoms with Crippen molar-refractivity contribution in [3.05, 3.63) is 30.3 Å². The number of amides is 1. The van der Waals surface area contributed by atoms with Crippen molar-refractivity contribution in [1.29, 1.82) is 0 Å². The fourth-order valence-electron chi connectivity index (χ4n) is 3.88. The van der Waals surface area contributed by atoms with Crippen LogP contribution in [0.3, 0.4) is 0 Å². The van der Waals surface area contributed by atoms with Crippen LogP contribution in [0.4, 0.5) is 0 Å². The zero-order valence-electron chi connectivity index (χ0n) is 16.7. The number of nitrogens with zero attached hydrogens (tertiary/aromatic N) is 2. The summed E-state index contributed by atoms with van der Waals surface area (Å²) in [6, 6.07) is 11.0. The van der Waals surface area contributed by atoms with Crippen LogP contribution in [-0.2, 0) is 4.79 Å². The second-order valence-corrected chi connectivity index (χ2v) is 8.59. The predicted octanol–water partition coefficient (Wildman–Crippen LogP) is 3.74. The summed E-state index contributed by atoms with van der Waals surface area (Å²) in [6.07, 6.45) is 6.47. The average molecular weight is 516 g/mol. The number of aliphatic imine (C=N–C) groups is 1. The number of nitrogens with one attached hydrogen (secondary N) is 2. The van der Waals surface area contributed by atoms with E-state index in [9.17, 15) is 4.79 Å². The van der Waals surface area contributed by atoms with E-state index in [-0.39, 0.29) is 29.9 Å². The number of guanidine groups is 1. The molecule has 1 aromatic carbocycles. The maximum atomic E-state index is 12.1. The summed E-state index contributed by atoms with van der Waals surface area (Å²) in [6.45, 7) is 2.72. The van der Waals surface area contributed by atoms with Crippen LogP contribution in [0, 0.1) is 5.92 Å². The molecule has 2 N–H and O–H groups in total. The smallest absolute Gasteiger partial charge is 0.221 e. The molecule has 7 heteroatoms. The number of hydrogen-bond donors (Lipinski definition) is 2. The molecule has 2 fully saturated rings. The van der Waals surface area contributed by atoms with Gasteiger partial charge in [0.1, 0.15) is 0 Å². The molecule has 3 rings (SSSR count). The first kappa shape index (κ1) is 23.3. The van der Waals surface area contributed by atoms with Crippen molar-refractivity contribution in [1.82, 2.24) is 15.5 Å². The molecule has 1 unspecified atom stereocenters. The monoisotopic (exact) mass is 516 g/mol. The van der Waals surface area contributed by atoms with Crippen molar-refractivity contribution in [2.24, 2.45) is 10.9 Å². The standard InChI is InChI=1S/C21H32N4OS.HI/c1-22-21(23-13-11-20(26)24-18-7-5-6-8-18)25-14-12-17(15-25)16-27-19-9-3-2-4-10-19;/h2-4,9-10,17-18H,5-8,11-16H2,1H3,(H,22,23)(H,24,26);1H. The van der Waals surface area contributed by atoms with Gasteiger partial charge in [-0.05, 0) is 37.3 Å². The highest BCUT2D eigenvalue weighted by Gasteiger charge is 2.25. The molecular formula is C21H33IN4OS. The van der Waals surface area contributed by atoms with Gasteiger partial charge in [-0.1, -0.05) is 31.0 Å². The first-order valence-electron chi connectivity index (χ1n) is 10.2. The van der Waals surface area contributed by atoms with Crippen molar-refractivity contribution in [2.75, 3.05) is 32.4 Å². The Morgan fingerprint density at radius 1 is 1.21 bits per heavy atom. The van der Waals surface area contributed by atoms with Gasteiger partial charge in [0.25, 0.3) is 0 Å². The highest BCUT2D eigenvalue weighted by Crippen LogP contribution is 2.25. The van der Waals surface area contributed by atoms with Crippen LogP contribution in [0.15, 0.2) is 40.2 Å². The van der Waals surface area contributed by atoms with Gasteiger partial charge < -0.3 is 15.5 Å². The lowest BCUT2D eigenvalue weighted by Gasteiger charge is -2.22. The first-order chi connectivity index (χ1) is 13.2. The molecule has 1 amide bonds. The Bertz CT molecular complexity index is 622. The van der Waals surface area contributed by atoms with Crippen molar-refractivity contribution < 1.29 is 4.79 Å². The molecule has 0 bridgehead atoms. The lowest BCUT2D eigenvalue weighted by Crippen LogP contribution is -2.42. The summed E-state index contributed by atoms with van der Waals surface area (Å²) in [5, 5.41) is 6.51. The Hall–Kier alpha value is -0.960. The summed E-state index contributed by atoms with van der Waals surface area (Å²) in [4.78, 5) is 20.1. The number of thioether (sulfide) groups is 1. The van der Waals surface area contributed by atoms with Gasteiger partial charge in [-0.3, -0.25) is 9.79 Å². The van der Waals surface area contributed by atoms with E-state index in [0.717, 1.165) is 37.6 Å². The summed E-state index contributed by atoms with van der Waals surface area (Å²) < 4.78 is 0. The van der Waals surface area contributed by atoms with Gasteiger partial charge in [0.15, 0.2) is 5.96 Å². The van der Waals surface area contributed by atoms with Gasteiger partial charge in [0.05, 0.1) is 0 Å². The molecule has 1 heterocycles. The summed E-state index contributed by atoms with van der Waals surface area (Å²) in [5.41, 5.74) is 0. The second-order valence-electron chi connectivity index (χ2n) is 7.50. The molecule has 0 aromatic heterocycles. The Morgan fingerprint density at radius 2 is 1.96 bits per heavy atom. The summed E-state index contributed by atoms with van der Waals surface area (Å²) in [5.74, 6) is 2.90. The zero-order chi connectivity index (χ0) is 18.9. The van der Waals surface area contributed by atoms with Gasteiger partial charge in [0.2, 0.25) is 5.91 Å². The maximum Gasteiger partial charge on any atom is 0.221 e. The largest absolute Gasteiger partial charge is 0.356 e. The Labute approximate surface area is 190 Å². The van der Waals surface area contributed by atoms with Gasteiger partial charge >= 0.3 is 0 Å². The minimum atomic E-state index is 0. The topological polar surface area (TPSA) is 56.7 Å². The maximum absolute atomic E-state index is 12.1. The molecule has 1 aromatic rings. The molecule has 1 aliphatic carbocycles. The average Bonchev–Trinajstić information content (AvgIpc) is 3.36. The fourth-order valence-corrected chi connectivity index (χ4v) is 4.93. The molecule has 0 spiro atoms. The number of rotatable bonds is 7. The van der Waals surface area contributed by atoms with Crippen LogP contribution in [-0.4, -0.2) is 55.2 Å². The van der Waals surface area contributed by atoms with Crippen molar-refractivity contribution in [3.63, 3.8) is 0 Å². The van der Waals surface area contributed by atoms with E-state index in [1.807, 2.05) is 18.8 Å². The molecular weight excluding hydrogens is 483 g/mol. The van der Waals surface area contributed by atoms with E-state index in [0.29, 0.717) is 24.9 Å². The summed E-state index contributed by atoms with van der Waals surface area (Å²) >= 11 is 1.94. The van der Waals surface area contributed by atoms with Crippen LogP contribution in [0.25, 0.3) is 0 Å². The molecule has 28 heavy (non-hydrogen) atoms. The van der Waals surface area contributed by atoms with E-state index in [1.165, 1.54) is 24.2 Å². The lowest BCUT2D eigenvalue weighted by atomic mass is 10.2. The Balaban J connectivity index is 0.00000280. The molecule has 156 valence electrons. The van der Waals surface area contributed by atoms with E-state index in [4.69, 9.17) is 0 Å². The molecule has 0 radical (unpaired) electrons. The number of likely N-dealkylation sites (tertiary alicyclic amines) is 1. The molecule has 1 saturated heterocycles. The third-order valence-electron chi connectivity index (χ3n) is 5.38. The third-order valence-corrected chi connectivity index (χ3v) is 6.63. The fraction of sp³-hybridized carbons (Fsp3) is 0.619. The molecule has 1 atom stereocenters. The molecule has 2 aliphatic rings.